The van der Waals surface area contributed by atoms with Crippen LogP contribution in [0.2, 0.25) is 0 Å². The summed E-state index contributed by atoms with van der Waals surface area (Å²) in [6.45, 7) is 0.250. The lowest BCUT2D eigenvalue weighted by molar-refractivity contribution is -0.403. The Morgan fingerprint density at radius 3 is 2.57 bits per heavy atom. The van der Waals surface area contributed by atoms with E-state index in [2.05, 4.69) is 10.3 Å². The van der Waals surface area contributed by atoms with E-state index in [0.717, 1.165) is 28.7 Å². The zero-order valence-electron chi connectivity index (χ0n) is 11.2. The van der Waals surface area contributed by atoms with Crippen molar-refractivity contribution in [2.75, 3.05) is 11.9 Å². The number of nitro groups is 1. The van der Waals surface area contributed by atoms with Crippen LogP contribution in [0.25, 0.3) is 0 Å². The molecule has 0 fully saturated rings. The Morgan fingerprint density at radius 1 is 1.10 bits per heavy atom. The van der Waals surface area contributed by atoms with E-state index < -0.39 is 4.92 Å². The summed E-state index contributed by atoms with van der Waals surface area (Å²) in [6.07, 6.45) is 0.966. The summed E-state index contributed by atoms with van der Waals surface area (Å²) in [4.78, 5) is 14.8. The standard InChI is InChI=1S/C16H13N3O2/c20-19(21)11-13-10-17-16(12-6-2-1-3-7-12)14-8-4-5-9-15(14)18-13/h1-9,11,18H,10H2. The fourth-order valence-corrected chi connectivity index (χ4v) is 2.30. The van der Waals surface area contributed by atoms with Crippen LogP contribution in [0, 0.1) is 10.1 Å². The van der Waals surface area contributed by atoms with Crippen LogP contribution in [0.5, 0.6) is 0 Å². The van der Waals surface area contributed by atoms with Crippen molar-refractivity contribution in [3.8, 4) is 0 Å². The van der Waals surface area contributed by atoms with Crippen LogP contribution in [0.1, 0.15) is 11.1 Å². The molecule has 0 spiro atoms. The number of nitrogens with one attached hydrogen (secondary N) is 1. The molecule has 5 nitrogen and oxygen atoms in total. The predicted octanol–water partition coefficient (Wildman–Crippen LogP) is 3.07. The van der Waals surface area contributed by atoms with Gasteiger partial charge in [0.1, 0.15) is 5.70 Å². The number of rotatable bonds is 2. The summed E-state index contributed by atoms with van der Waals surface area (Å²) in [7, 11) is 0. The number of hydrogen-bond donors (Lipinski definition) is 1. The Balaban J connectivity index is 2.12. The molecule has 1 heterocycles. The monoisotopic (exact) mass is 279 g/mol. The molecule has 0 aliphatic carbocycles. The number of benzodiazepines with no additional fused rings is 1. The maximum Gasteiger partial charge on any atom is 0.255 e. The van der Waals surface area contributed by atoms with Crippen molar-refractivity contribution in [2.24, 2.45) is 4.99 Å². The number of benzene rings is 2. The summed E-state index contributed by atoms with van der Waals surface area (Å²) in [5.74, 6) is 0. The summed E-state index contributed by atoms with van der Waals surface area (Å²) >= 11 is 0. The van der Waals surface area contributed by atoms with Gasteiger partial charge in [-0.2, -0.15) is 0 Å². The Hall–Kier alpha value is -2.95. The molecule has 0 bridgehead atoms. The molecule has 0 amide bonds. The maximum atomic E-state index is 10.7. The highest BCUT2D eigenvalue weighted by Gasteiger charge is 2.17. The van der Waals surface area contributed by atoms with Crippen molar-refractivity contribution >= 4 is 11.4 Å². The molecule has 1 aliphatic rings. The van der Waals surface area contributed by atoms with Gasteiger partial charge in [0.25, 0.3) is 6.20 Å². The number of anilines is 1. The third-order valence-corrected chi connectivity index (χ3v) is 3.19. The highest BCUT2D eigenvalue weighted by atomic mass is 16.6. The van der Waals surface area contributed by atoms with E-state index in [1.807, 2.05) is 54.6 Å². The van der Waals surface area contributed by atoms with Crippen LogP contribution in [0.3, 0.4) is 0 Å². The summed E-state index contributed by atoms with van der Waals surface area (Å²) in [5, 5.41) is 13.8. The molecule has 2 aromatic rings. The second-order valence-corrected chi connectivity index (χ2v) is 4.64. The normalized spacial score (nSPS) is 15.6. The number of nitrogens with zero attached hydrogens (tertiary/aromatic N) is 2. The molecule has 0 radical (unpaired) electrons. The highest BCUT2D eigenvalue weighted by Crippen LogP contribution is 2.24. The van der Waals surface area contributed by atoms with Gasteiger partial charge in [0.15, 0.2) is 0 Å². The first-order chi connectivity index (χ1) is 10.2. The number of fused-ring (bicyclic) bond motifs is 1. The van der Waals surface area contributed by atoms with Gasteiger partial charge >= 0.3 is 0 Å². The molecule has 1 aliphatic heterocycles. The Bertz CT molecular complexity index is 736. The minimum atomic E-state index is -0.464. The lowest BCUT2D eigenvalue weighted by atomic mass is 10.0. The molecule has 0 unspecified atom stereocenters. The van der Waals surface area contributed by atoms with Crippen molar-refractivity contribution in [3.05, 3.63) is 87.7 Å². The van der Waals surface area contributed by atoms with Gasteiger partial charge in [0, 0.05) is 16.8 Å². The largest absolute Gasteiger partial charge is 0.352 e. The minimum absolute atomic E-state index is 0.250. The van der Waals surface area contributed by atoms with Crippen LogP contribution in [-0.4, -0.2) is 17.2 Å². The van der Waals surface area contributed by atoms with Crippen molar-refractivity contribution in [1.82, 2.24) is 0 Å². The lowest BCUT2D eigenvalue weighted by Crippen LogP contribution is -2.05. The maximum absolute atomic E-state index is 10.7. The van der Waals surface area contributed by atoms with E-state index in [1.54, 1.807) is 0 Å². The van der Waals surface area contributed by atoms with Gasteiger partial charge in [-0.05, 0) is 6.07 Å². The van der Waals surface area contributed by atoms with Gasteiger partial charge in [-0.15, -0.1) is 0 Å². The molecule has 2 aromatic carbocycles. The smallest absolute Gasteiger partial charge is 0.255 e. The average Bonchev–Trinajstić information content (AvgIpc) is 2.66. The predicted molar refractivity (Wildman–Crippen MR) is 82.1 cm³/mol. The van der Waals surface area contributed by atoms with Crippen LogP contribution in [-0.2, 0) is 0 Å². The Morgan fingerprint density at radius 2 is 1.81 bits per heavy atom. The topological polar surface area (TPSA) is 67.5 Å². The quantitative estimate of drug-likeness (QED) is 0.678. The first-order valence-corrected chi connectivity index (χ1v) is 6.54. The second kappa shape index (κ2) is 5.58. The number of hydrogen-bond acceptors (Lipinski definition) is 4. The van der Waals surface area contributed by atoms with E-state index in [0.29, 0.717) is 5.70 Å². The summed E-state index contributed by atoms with van der Waals surface area (Å²) in [6, 6.07) is 17.5. The third-order valence-electron chi connectivity index (χ3n) is 3.19. The summed E-state index contributed by atoms with van der Waals surface area (Å²) < 4.78 is 0. The molecule has 0 aromatic heterocycles. The molecular formula is C16H13N3O2. The van der Waals surface area contributed by atoms with Gasteiger partial charge < -0.3 is 5.32 Å². The zero-order chi connectivity index (χ0) is 14.7. The molecule has 5 heteroatoms. The molecule has 104 valence electrons. The van der Waals surface area contributed by atoms with Crippen molar-refractivity contribution < 1.29 is 4.92 Å². The molecular weight excluding hydrogens is 266 g/mol. The SMILES string of the molecule is O=[N+]([O-])C=C1CN=C(c2ccccc2)c2ccccc2N1. The zero-order valence-corrected chi connectivity index (χ0v) is 11.2. The number of para-hydroxylation sites is 1. The minimum Gasteiger partial charge on any atom is -0.352 e. The third kappa shape index (κ3) is 2.81. The Labute approximate surface area is 121 Å². The van der Waals surface area contributed by atoms with Gasteiger partial charge in [-0.1, -0.05) is 48.5 Å². The van der Waals surface area contributed by atoms with Crippen molar-refractivity contribution in [3.63, 3.8) is 0 Å². The van der Waals surface area contributed by atoms with Crippen LogP contribution < -0.4 is 5.32 Å². The van der Waals surface area contributed by atoms with Crippen molar-refractivity contribution in [1.29, 1.82) is 0 Å². The van der Waals surface area contributed by atoms with Gasteiger partial charge in [0.05, 0.1) is 17.2 Å². The molecule has 1 N–H and O–H groups in total. The Kier molecular flexibility index (Phi) is 3.47. The molecule has 0 saturated heterocycles. The van der Waals surface area contributed by atoms with Crippen LogP contribution >= 0.6 is 0 Å². The number of aliphatic imine (C=N–C) groups is 1. The first kappa shape index (κ1) is 13.1. The van der Waals surface area contributed by atoms with E-state index in [9.17, 15) is 10.1 Å². The first-order valence-electron chi connectivity index (χ1n) is 6.54. The highest BCUT2D eigenvalue weighted by molar-refractivity contribution is 6.16. The van der Waals surface area contributed by atoms with Gasteiger partial charge in [0.2, 0.25) is 0 Å². The molecule has 3 rings (SSSR count). The van der Waals surface area contributed by atoms with Crippen LogP contribution in [0.4, 0.5) is 5.69 Å². The van der Waals surface area contributed by atoms with Crippen LogP contribution in [0.15, 0.2) is 71.5 Å². The molecule has 21 heavy (non-hydrogen) atoms. The average molecular weight is 279 g/mol. The molecule has 0 saturated carbocycles. The van der Waals surface area contributed by atoms with E-state index >= 15 is 0 Å². The van der Waals surface area contributed by atoms with E-state index in [1.165, 1.54) is 0 Å². The van der Waals surface area contributed by atoms with E-state index in [4.69, 9.17) is 0 Å². The molecule has 0 atom stereocenters. The van der Waals surface area contributed by atoms with Gasteiger partial charge in [-0.3, -0.25) is 15.1 Å². The summed E-state index contributed by atoms with van der Waals surface area (Å²) in [5.41, 5.74) is 4.07. The van der Waals surface area contributed by atoms with Crippen molar-refractivity contribution in [2.45, 2.75) is 0 Å². The fraction of sp³-hybridized carbons (Fsp3) is 0.0625. The second-order valence-electron chi connectivity index (χ2n) is 4.64. The van der Waals surface area contributed by atoms with Gasteiger partial charge in [-0.25, -0.2) is 0 Å². The fourth-order valence-electron chi connectivity index (χ4n) is 2.30. The van der Waals surface area contributed by atoms with E-state index in [-0.39, 0.29) is 6.54 Å². The lowest BCUT2D eigenvalue weighted by Gasteiger charge is -2.10.